The first-order chi connectivity index (χ1) is 4.47. The summed E-state index contributed by atoms with van der Waals surface area (Å²) < 4.78 is 5.33. The molecule has 2 nitrogen and oxygen atoms in total. The number of hydrogen-bond donors (Lipinski definition) is 0. The summed E-state index contributed by atoms with van der Waals surface area (Å²) in [4.78, 5) is 0. The molecule has 0 saturated carbocycles. The Labute approximate surface area is 55.6 Å². The van der Waals surface area contributed by atoms with E-state index >= 15 is 0 Å². The predicted molar refractivity (Wildman–Crippen MR) is 34.3 cm³/mol. The summed E-state index contributed by atoms with van der Waals surface area (Å²) in [5.74, 6) is 1.63. The van der Waals surface area contributed by atoms with Gasteiger partial charge in [0.15, 0.2) is 0 Å². The molecular weight excluding hydrogens is 114 g/mol. The first-order valence-electron chi connectivity index (χ1n) is 3.68. The minimum Gasteiger partial charge on any atom is -0.381 e. The highest BCUT2D eigenvalue weighted by molar-refractivity contribution is 4.81. The molecule has 0 bridgehead atoms. The number of hydrogen-bond acceptors (Lipinski definition) is 1. The van der Waals surface area contributed by atoms with E-state index in [0.717, 1.165) is 38.1 Å². The van der Waals surface area contributed by atoms with Crippen molar-refractivity contribution in [2.75, 3.05) is 26.3 Å². The van der Waals surface area contributed by atoms with Crippen LogP contribution in [0.15, 0.2) is 0 Å². The Hall–Kier alpha value is -0.0800. The summed E-state index contributed by atoms with van der Waals surface area (Å²) in [7, 11) is 0. The molecule has 2 aliphatic rings. The van der Waals surface area contributed by atoms with Gasteiger partial charge in [0.05, 0.1) is 6.61 Å². The van der Waals surface area contributed by atoms with E-state index in [2.05, 4.69) is 5.32 Å². The summed E-state index contributed by atoms with van der Waals surface area (Å²) in [6.45, 7) is 4.10. The molecule has 0 aromatic heterocycles. The molecule has 0 spiro atoms. The largest absolute Gasteiger partial charge is 0.381 e. The maximum absolute atomic E-state index is 5.33. The molecule has 0 N–H and O–H groups in total. The Balaban J connectivity index is 1.97. The van der Waals surface area contributed by atoms with Crippen molar-refractivity contribution in [3.8, 4) is 0 Å². The summed E-state index contributed by atoms with van der Waals surface area (Å²) in [5.41, 5.74) is 0. The summed E-state index contributed by atoms with van der Waals surface area (Å²) in [5, 5.41) is 4.34. The van der Waals surface area contributed by atoms with Gasteiger partial charge in [-0.05, 0) is 12.3 Å². The molecular formula is C7H12NO. The third kappa shape index (κ3) is 0.970. The number of ether oxygens (including phenoxy) is 1. The van der Waals surface area contributed by atoms with Crippen molar-refractivity contribution in [1.82, 2.24) is 5.32 Å². The lowest BCUT2D eigenvalue weighted by Gasteiger charge is -2.22. The molecule has 9 heavy (non-hydrogen) atoms. The number of piperidine rings is 1. The molecule has 2 rings (SSSR count). The fourth-order valence-corrected chi connectivity index (χ4v) is 1.68. The van der Waals surface area contributed by atoms with Gasteiger partial charge in [-0.2, -0.15) is 0 Å². The van der Waals surface area contributed by atoms with Gasteiger partial charge >= 0.3 is 0 Å². The highest BCUT2D eigenvalue weighted by atomic mass is 16.5. The fraction of sp³-hybridized carbons (Fsp3) is 1.00. The van der Waals surface area contributed by atoms with E-state index in [4.69, 9.17) is 4.74 Å². The molecule has 0 aromatic rings. The average molecular weight is 126 g/mol. The predicted octanol–water partition coefficient (Wildman–Crippen LogP) is 0.257. The van der Waals surface area contributed by atoms with Crippen LogP contribution in [0.5, 0.6) is 0 Å². The highest BCUT2D eigenvalue weighted by Crippen LogP contribution is 2.25. The number of nitrogens with zero attached hydrogens (tertiary/aromatic N) is 1. The van der Waals surface area contributed by atoms with Crippen molar-refractivity contribution in [2.24, 2.45) is 11.8 Å². The Morgan fingerprint density at radius 3 is 3.00 bits per heavy atom. The Morgan fingerprint density at radius 2 is 2.11 bits per heavy atom. The third-order valence-corrected chi connectivity index (χ3v) is 2.35. The van der Waals surface area contributed by atoms with Crippen LogP contribution < -0.4 is 5.32 Å². The lowest BCUT2D eigenvalue weighted by Crippen LogP contribution is -2.31. The monoisotopic (exact) mass is 126 g/mol. The highest BCUT2D eigenvalue weighted by Gasteiger charge is 2.30. The molecule has 1 radical (unpaired) electrons. The zero-order valence-corrected chi connectivity index (χ0v) is 5.55. The smallest absolute Gasteiger partial charge is 0.0510 e. The van der Waals surface area contributed by atoms with Crippen molar-refractivity contribution in [3.05, 3.63) is 0 Å². The van der Waals surface area contributed by atoms with E-state index in [1.165, 1.54) is 6.42 Å². The van der Waals surface area contributed by atoms with Crippen LogP contribution in [-0.2, 0) is 4.74 Å². The maximum atomic E-state index is 5.33. The molecule has 2 heteroatoms. The number of rotatable bonds is 0. The van der Waals surface area contributed by atoms with Gasteiger partial charge in [0.2, 0.25) is 0 Å². The second-order valence-corrected chi connectivity index (χ2v) is 2.98. The maximum Gasteiger partial charge on any atom is 0.0510 e. The van der Waals surface area contributed by atoms with Crippen LogP contribution >= 0.6 is 0 Å². The molecule has 0 amide bonds. The Morgan fingerprint density at radius 1 is 1.22 bits per heavy atom. The van der Waals surface area contributed by atoms with Gasteiger partial charge < -0.3 is 4.74 Å². The second-order valence-electron chi connectivity index (χ2n) is 2.98. The van der Waals surface area contributed by atoms with Crippen LogP contribution in [0.25, 0.3) is 0 Å². The third-order valence-electron chi connectivity index (χ3n) is 2.35. The van der Waals surface area contributed by atoms with Gasteiger partial charge in [-0.3, -0.25) is 0 Å². The standard InChI is InChI=1S/C7H12NO/c1-2-8-3-7-5-9-4-6(1)7/h6-7H,1-5H2. The fourth-order valence-electron chi connectivity index (χ4n) is 1.68. The first-order valence-corrected chi connectivity index (χ1v) is 3.68. The zero-order valence-electron chi connectivity index (χ0n) is 5.55. The van der Waals surface area contributed by atoms with Crippen LogP contribution in [0.4, 0.5) is 0 Å². The first kappa shape index (κ1) is 5.69. The average Bonchev–Trinajstić information content (AvgIpc) is 2.33. The molecule has 0 aromatic carbocycles. The van der Waals surface area contributed by atoms with Gasteiger partial charge in [0.25, 0.3) is 0 Å². The molecule has 2 heterocycles. The van der Waals surface area contributed by atoms with Gasteiger partial charge in [0.1, 0.15) is 0 Å². The van der Waals surface area contributed by atoms with Crippen molar-refractivity contribution in [1.29, 1.82) is 0 Å². The van der Waals surface area contributed by atoms with Crippen molar-refractivity contribution >= 4 is 0 Å². The van der Waals surface area contributed by atoms with Crippen LogP contribution in [0.2, 0.25) is 0 Å². The van der Waals surface area contributed by atoms with Gasteiger partial charge in [-0.25, -0.2) is 5.32 Å². The summed E-state index contributed by atoms with van der Waals surface area (Å²) >= 11 is 0. The van der Waals surface area contributed by atoms with Gasteiger partial charge in [-0.1, -0.05) is 0 Å². The Bertz CT molecular complexity index is 93.1. The molecule has 51 valence electrons. The van der Waals surface area contributed by atoms with E-state index < -0.39 is 0 Å². The summed E-state index contributed by atoms with van der Waals surface area (Å²) in [6.07, 6.45) is 1.27. The van der Waals surface area contributed by atoms with Gasteiger partial charge in [-0.15, -0.1) is 0 Å². The molecule has 0 aliphatic carbocycles. The topological polar surface area (TPSA) is 23.3 Å². The van der Waals surface area contributed by atoms with E-state index in [-0.39, 0.29) is 0 Å². The second kappa shape index (κ2) is 2.27. The molecule has 2 unspecified atom stereocenters. The van der Waals surface area contributed by atoms with Crippen LogP contribution in [-0.4, -0.2) is 26.3 Å². The molecule has 2 saturated heterocycles. The van der Waals surface area contributed by atoms with Crippen molar-refractivity contribution in [3.63, 3.8) is 0 Å². The van der Waals surface area contributed by atoms with Gasteiger partial charge in [0, 0.05) is 25.6 Å². The normalized spacial score (nSPS) is 42.7. The number of fused-ring (bicyclic) bond motifs is 1. The van der Waals surface area contributed by atoms with Crippen LogP contribution in [0.3, 0.4) is 0 Å². The van der Waals surface area contributed by atoms with Crippen LogP contribution in [0.1, 0.15) is 6.42 Å². The van der Waals surface area contributed by atoms with Crippen molar-refractivity contribution < 1.29 is 4.74 Å². The Kier molecular flexibility index (Phi) is 1.44. The lowest BCUT2D eigenvalue weighted by molar-refractivity contribution is 0.182. The minimum absolute atomic E-state index is 0.777. The summed E-state index contributed by atoms with van der Waals surface area (Å²) in [6, 6.07) is 0. The molecule has 2 aliphatic heterocycles. The quantitative estimate of drug-likeness (QED) is 0.456. The minimum atomic E-state index is 0.777. The van der Waals surface area contributed by atoms with E-state index in [0.29, 0.717) is 0 Å². The van der Waals surface area contributed by atoms with Crippen LogP contribution in [0, 0.1) is 11.8 Å². The van der Waals surface area contributed by atoms with E-state index in [1.807, 2.05) is 0 Å². The molecule has 2 fully saturated rings. The zero-order chi connectivity index (χ0) is 6.10. The van der Waals surface area contributed by atoms with E-state index in [1.54, 1.807) is 0 Å². The van der Waals surface area contributed by atoms with E-state index in [9.17, 15) is 0 Å². The molecule has 2 atom stereocenters. The SMILES string of the molecule is C1CC2COCC2C[N]1. The van der Waals surface area contributed by atoms with Crippen molar-refractivity contribution in [2.45, 2.75) is 6.42 Å². The lowest BCUT2D eigenvalue weighted by atomic mass is 9.90.